The molecule has 9 nitrogen and oxygen atoms in total. The van der Waals surface area contributed by atoms with E-state index < -0.39 is 46.8 Å². The summed E-state index contributed by atoms with van der Waals surface area (Å²) in [6, 6.07) is 17.1. The molecule has 0 radical (unpaired) electrons. The summed E-state index contributed by atoms with van der Waals surface area (Å²) in [5.41, 5.74) is 1.52. The van der Waals surface area contributed by atoms with Gasteiger partial charge in [0.05, 0.1) is 42.4 Å². The van der Waals surface area contributed by atoms with E-state index >= 15 is 0 Å². The molecule has 1 unspecified atom stereocenters. The van der Waals surface area contributed by atoms with Crippen LogP contribution in [0.25, 0.3) is 33.4 Å². The molecule has 2 N–H and O–H groups in total. The number of hydrogen-bond donors (Lipinski definition) is 2. The minimum atomic E-state index is -4.29. The second kappa shape index (κ2) is 12.2. The lowest BCUT2D eigenvalue weighted by atomic mass is 9.96. The number of benzene rings is 4. The Morgan fingerprint density at radius 3 is 2.40 bits per heavy atom. The van der Waals surface area contributed by atoms with Crippen LogP contribution < -0.4 is 24.4 Å². The highest BCUT2D eigenvalue weighted by molar-refractivity contribution is 7.92. The lowest BCUT2D eigenvalue weighted by Gasteiger charge is -2.25. The number of methoxy groups -OCH3 is 1. The van der Waals surface area contributed by atoms with Crippen LogP contribution in [0.2, 0.25) is 0 Å². The maximum Gasteiger partial charge on any atom is 0.257 e. The van der Waals surface area contributed by atoms with Crippen LogP contribution in [0.1, 0.15) is 22.1 Å². The van der Waals surface area contributed by atoms with E-state index in [-0.39, 0.29) is 39.3 Å². The number of ether oxygens (including phenoxy) is 2. The van der Waals surface area contributed by atoms with Crippen molar-refractivity contribution in [1.29, 1.82) is 0 Å². The molecule has 1 atom stereocenters. The number of halogens is 4. The van der Waals surface area contributed by atoms with Gasteiger partial charge >= 0.3 is 0 Å². The topological polar surface area (TPSA) is 110 Å². The number of carbonyl (C=O) groups excluding carboxylic acids is 1. The van der Waals surface area contributed by atoms with Gasteiger partial charge in [-0.25, -0.2) is 26.0 Å². The Bertz CT molecular complexity index is 2120. The van der Waals surface area contributed by atoms with Crippen molar-refractivity contribution in [3.8, 4) is 33.9 Å². The maximum atomic E-state index is 14.5. The maximum absolute atomic E-state index is 14.5. The number of alkyl halides is 2. The molecule has 14 heteroatoms. The van der Waals surface area contributed by atoms with Crippen molar-refractivity contribution in [2.75, 3.05) is 36.6 Å². The highest BCUT2D eigenvalue weighted by Crippen LogP contribution is 2.46. The summed E-state index contributed by atoms with van der Waals surface area (Å²) in [6.07, 6.45) is -3.18. The summed E-state index contributed by atoms with van der Waals surface area (Å²) in [6.45, 7) is -1.17. The summed E-state index contributed by atoms with van der Waals surface area (Å²) in [5, 5.41) is 5.86. The van der Waals surface area contributed by atoms with Gasteiger partial charge in [0.1, 0.15) is 22.9 Å². The molecule has 1 aliphatic rings. The van der Waals surface area contributed by atoms with Gasteiger partial charge in [-0.2, -0.15) is 0 Å². The highest BCUT2D eigenvalue weighted by atomic mass is 32.2. The molecule has 0 spiro atoms. The van der Waals surface area contributed by atoms with Crippen LogP contribution in [0.3, 0.4) is 0 Å². The molecule has 2 heterocycles. The standard InChI is InChI=1S/C33H27F4N3O6S/c1-38-32(41)29-21-14-20(18-9-12-26(44-2)22(13-18)33-39-24-6-4-5-23(35)31(24)46-33)25(40(16-28(36)37)47(3,42)43)15-27(21)45-30(29)17-7-10-19(34)11-8-17/h4-15,28,33,39H,16H2,1-3H3,(H,38,41). The van der Waals surface area contributed by atoms with Gasteiger partial charge in [0.15, 0.2) is 17.8 Å². The Balaban J connectivity index is 1.61. The molecule has 1 aromatic heterocycles. The predicted molar refractivity (Wildman–Crippen MR) is 169 cm³/mol. The number of para-hydroxylation sites is 1. The first-order chi connectivity index (χ1) is 22.4. The number of nitrogens with one attached hydrogen (secondary N) is 2. The normalized spacial score (nSPS) is 14.1. The molecule has 1 amide bonds. The first-order valence-electron chi connectivity index (χ1n) is 14.1. The molecular formula is C33H27F4N3O6S. The van der Waals surface area contributed by atoms with Crippen molar-refractivity contribution in [1.82, 2.24) is 5.32 Å². The van der Waals surface area contributed by atoms with E-state index in [4.69, 9.17) is 13.9 Å². The number of amides is 1. The molecule has 0 bridgehead atoms. The van der Waals surface area contributed by atoms with Crippen molar-refractivity contribution < 1.29 is 44.7 Å². The van der Waals surface area contributed by atoms with Crippen molar-refractivity contribution in [3.63, 3.8) is 0 Å². The van der Waals surface area contributed by atoms with Crippen molar-refractivity contribution in [2.45, 2.75) is 12.7 Å². The molecular weight excluding hydrogens is 642 g/mol. The molecule has 0 aliphatic carbocycles. The van der Waals surface area contributed by atoms with E-state index in [1.54, 1.807) is 24.3 Å². The van der Waals surface area contributed by atoms with E-state index in [0.717, 1.165) is 6.26 Å². The van der Waals surface area contributed by atoms with Crippen LogP contribution in [-0.2, 0) is 10.0 Å². The van der Waals surface area contributed by atoms with Gasteiger partial charge in [-0.15, -0.1) is 0 Å². The number of furan rings is 1. The fourth-order valence-corrected chi connectivity index (χ4v) is 6.43. The van der Waals surface area contributed by atoms with Crippen molar-refractivity contribution >= 4 is 38.3 Å². The molecule has 0 fully saturated rings. The Kier molecular flexibility index (Phi) is 8.22. The smallest absolute Gasteiger partial charge is 0.257 e. The monoisotopic (exact) mass is 669 g/mol. The lowest BCUT2D eigenvalue weighted by molar-refractivity contribution is 0.0964. The second-order valence-corrected chi connectivity index (χ2v) is 12.6. The molecule has 47 heavy (non-hydrogen) atoms. The Morgan fingerprint density at radius 1 is 1.04 bits per heavy atom. The summed E-state index contributed by atoms with van der Waals surface area (Å²) in [7, 11) is -1.46. The number of sulfonamides is 1. The Labute approximate surface area is 266 Å². The molecule has 0 saturated heterocycles. The van der Waals surface area contributed by atoms with Crippen LogP contribution in [0.15, 0.2) is 77.2 Å². The minimum Gasteiger partial charge on any atom is -0.496 e. The third-order valence-corrected chi connectivity index (χ3v) is 8.80. The van der Waals surface area contributed by atoms with Crippen LogP contribution in [-0.4, -0.2) is 47.7 Å². The summed E-state index contributed by atoms with van der Waals surface area (Å²) < 4.78 is 100.0. The largest absolute Gasteiger partial charge is 0.496 e. The van der Waals surface area contributed by atoms with Gasteiger partial charge in [-0.05, 0) is 60.2 Å². The Hall–Kier alpha value is -5.24. The fourth-order valence-electron chi connectivity index (χ4n) is 5.54. The first-order valence-corrected chi connectivity index (χ1v) is 16.0. The van der Waals surface area contributed by atoms with Crippen LogP contribution in [0.5, 0.6) is 11.5 Å². The zero-order chi connectivity index (χ0) is 33.6. The molecule has 5 aromatic rings. The van der Waals surface area contributed by atoms with Gasteiger partial charge < -0.3 is 24.5 Å². The molecule has 6 rings (SSSR count). The van der Waals surface area contributed by atoms with Crippen LogP contribution in [0.4, 0.5) is 28.9 Å². The van der Waals surface area contributed by atoms with E-state index in [2.05, 4.69) is 10.6 Å². The molecule has 4 aromatic carbocycles. The highest BCUT2D eigenvalue weighted by Gasteiger charge is 2.32. The van der Waals surface area contributed by atoms with E-state index in [1.165, 1.54) is 62.7 Å². The first kappa shape index (κ1) is 31.7. The van der Waals surface area contributed by atoms with E-state index in [0.29, 0.717) is 32.4 Å². The van der Waals surface area contributed by atoms with E-state index in [1.807, 2.05) is 0 Å². The Morgan fingerprint density at radius 2 is 1.77 bits per heavy atom. The fraction of sp³-hybridized carbons (Fsp3) is 0.182. The average molecular weight is 670 g/mol. The summed E-state index contributed by atoms with van der Waals surface area (Å²) in [5.74, 6) is -1.28. The zero-order valence-electron chi connectivity index (χ0n) is 25.1. The predicted octanol–water partition coefficient (Wildman–Crippen LogP) is 6.95. The van der Waals surface area contributed by atoms with Gasteiger partial charge in [-0.3, -0.25) is 9.10 Å². The molecule has 244 valence electrons. The number of rotatable bonds is 9. The SMILES string of the molecule is CNC(=O)c1c(-c2ccc(F)cc2)oc2cc(N(CC(F)F)S(C)(=O)=O)c(-c3ccc(OC)c(C4Nc5cccc(F)c5O4)c3)cc12. The number of fused-ring (bicyclic) bond motifs is 2. The van der Waals surface area contributed by atoms with Crippen LogP contribution >= 0.6 is 0 Å². The second-order valence-electron chi connectivity index (χ2n) is 10.7. The third kappa shape index (κ3) is 5.91. The van der Waals surface area contributed by atoms with Crippen LogP contribution in [0, 0.1) is 11.6 Å². The number of anilines is 2. The zero-order valence-corrected chi connectivity index (χ0v) is 25.9. The number of nitrogens with zero attached hydrogens (tertiary/aromatic N) is 1. The van der Waals surface area contributed by atoms with Gasteiger partial charge in [0, 0.05) is 29.6 Å². The van der Waals surface area contributed by atoms with Crippen molar-refractivity contribution in [2.24, 2.45) is 0 Å². The third-order valence-electron chi connectivity index (χ3n) is 7.65. The summed E-state index contributed by atoms with van der Waals surface area (Å²) in [4.78, 5) is 13.2. The average Bonchev–Trinajstić information content (AvgIpc) is 3.65. The van der Waals surface area contributed by atoms with Gasteiger partial charge in [0.25, 0.3) is 12.3 Å². The molecule has 0 saturated carbocycles. The lowest BCUT2D eigenvalue weighted by Crippen LogP contribution is -2.34. The van der Waals surface area contributed by atoms with Gasteiger partial charge in [0.2, 0.25) is 10.0 Å². The quantitative estimate of drug-likeness (QED) is 0.164. The minimum absolute atomic E-state index is 0.00538. The number of carbonyl (C=O) groups is 1. The number of hydrogen-bond acceptors (Lipinski definition) is 7. The van der Waals surface area contributed by atoms with E-state index in [9.17, 15) is 30.8 Å². The molecule has 1 aliphatic heterocycles. The van der Waals surface area contributed by atoms with Crippen molar-refractivity contribution in [3.05, 3.63) is 95.6 Å². The summed E-state index contributed by atoms with van der Waals surface area (Å²) >= 11 is 0. The van der Waals surface area contributed by atoms with Gasteiger partial charge in [-0.1, -0.05) is 12.1 Å².